The van der Waals surface area contributed by atoms with E-state index in [1.807, 2.05) is 66.7 Å². The van der Waals surface area contributed by atoms with E-state index < -0.39 is 13.9 Å². The molecule has 1 N–H and O–H groups in total. The molecule has 1 aliphatic heterocycles. The molecule has 60 heavy (non-hydrogen) atoms. The summed E-state index contributed by atoms with van der Waals surface area (Å²) < 4.78 is 33.7. The van der Waals surface area contributed by atoms with Crippen molar-refractivity contribution in [2.45, 2.75) is 4.90 Å². The molecule has 1 atom stereocenters. The summed E-state index contributed by atoms with van der Waals surface area (Å²) in [5.41, 5.74) is 13.2. The molecule has 0 amide bonds. The van der Waals surface area contributed by atoms with E-state index in [9.17, 15) is 0 Å². The summed E-state index contributed by atoms with van der Waals surface area (Å²) in [4.78, 5) is 3.79. The Balaban J connectivity index is 1.17. The Kier molecular flexibility index (Phi) is 7.48. The number of hydrogen-bond donors (Lipinski definition) is 1. The van der Waals surface area contributed by atoms with E-state index in [1.165, 1.54) is 5.56 Å². The van der Waals surface area contributed by atoms with Gasteiger partial charge in [-0.15, -0.1) is 3.89 Å². The maximum atomic E-state index is 15.9. The minimum atomic E-state index is -4.21. The minimum absolute atomic E-state index is 0.246. The highest BCUT2D eigenvalue weighted by Crippen LogP contribution is 2.62. The van der Waals surface area contributed by atoms with E-state index in [1.54, 1.807) is 24.3 Å². The average molecular weight is 791 g/mol. The first kappa shape index (κ1) is 34.5. The molecule has 0 radical (unpaired) electrons. The normalized spacial score (nSPS) is 14.9. The molecule has 2 aromatic heterocycles. The first-order valence-corrected chi connectivity index (χ1v) is 21.6. The number of hydrogen-bond acceptors (Lipinski definition) is 2. The lowest BCUT2D eigenvalue weighted by Gasteiger charge is -2.33. The first-order chi connectivity index (χ1) is 29.5. The Labute approximate surface area is 347 Å². The Hall–Kier alpha value is -7.51. The first-order valence-electron chi connectivity index (χ1n) is 20.2. The largest absolute Gasteiger partial charge is 0.355 e. The van der Waals surface area contributed by atoms with Crippen LogP contribution in [0.4, 0.5) is 17.1 Å². The number of nitrogens with one attached hydrogen (secondary N) is 1. The molecule has 284 valence electrons. The van der Waals surface area contributed by atoms with E-state index in [0.717, 1.165) is 77.1 Å². The monoisotopic (exact) mass is 790 g/mol. The van der Waals surface area contributed by atoms with E-state index in [4.69, 9.17) is 0 Å². The molecule has 11 aromatic rings. The van der Waals surface area contributed by atoms with Gasteiger partial charge in [-0.3, -0.25) is 0 Å². The molecule has 0 fully saturated rings. The van der Waals surface area contributed by atoms with Crippen LogP contribution in [-0.4, -0.2) is 18.0 Å². The number of aromatic amines is 1. The number of benzene rings is 9. The van der Waals surface area contributed by atoms with Crippen LogP contribution in [0.1, 0.15) is 0 Å². The van der Waals surface area contributed by atoms with E-state index in [-0.39, 0.29) is 4.90 Å². The van der Waals surface area contributed by atoms with Crippen LogP contribution in [0.15, 0.2) is 217 Å². The zero-order valence-electron chi connectivity index (χ0n) is 32.3. The maximum Gasteiger partial charge on any atom is 0.341 e. The van der Waals surface area contributed by atoms with Crippen molar-refractivity contribution in [2.75, 3.05) is 0 Å². The van der Waals surface area contributed by atoms with Crippen LogP contribution >= 0.6 is 0 Å². The lowest BCUT2D eigenvalue weighted by molar-refractivity contribution is 0.557. The van der Waals surface area contributed by atoms with Crippen LogP contribution in [0.25, 0.3) is 82.7 Å². The van der Waals surface area contributed by atoms with Crippen molar-refractivity contribution < 1.29 is 8.42 Å². The van der Waals surface area contributed by atoms with Crippen molar-refractivity contribution in [3.63, 3.8) is 0 Å². The van der Waals surface area contributed by atoms with Crippen LogP contribution in [0.5, 0.6) is 0 Å². The number of nitrogens with zero attached hydrogens (tertiary/aromatic N) is 2. The van der Waals surface area contributed by atoms with Crippen LogP contribution in [0.2, 0.25) is 0 Å². The van der Waals surface area contributed by atoms with Gasteiger partial charge in [0.15, 0.2) is 17.1 Å². The van der Waals surface area contributed by atoms with Crippen molar-refractivity contribution >= 4 is 70.7 Å². The fourth-order valence-electron chi connectivity index (χ4n) is 9.64. The summed E-state index contributed by atoms with van der Waals surface area (Å²) in [6.07, 6.45) is 0. The molecule has 0 saturated heterocycles. The molecular formula is C54H36N3O2S+. The summed E-state index contributed by atoms with van der Waals surface area (Å²) in [6, 6.07) is 71.8. The molecule has 0 aliphatic carbocycles. The molecule has 1 aliphatic rings. The molecule has 9 aromatic carbocycles. The average Bonchev–Trinajstić information content (AvgIpc) is 3.95. The van der Waals surface area contributed by atoms with Gasteiger partial charge in [-0.05, 0) is 89.0 Å². The van der Waals surface area contributed by atoms with E-state index in [2.05, 4.69) is 131 Å². The van der Waals surface area contributed by atoms with Gasteiger partial charge in [0.25, 0.3) is 0 Å². The fraction of sp³-hybridized carbons (Fsp3) is 0. The Morgan fingerprint density at radius 3 is 1.72 bits per heavy atom. The summed E-state index contributed by atoms with van der Waals surface area (Å²) in [5.74, 6) is 0. The molecule has 0 saturated carbocycles. The van der Waals surface area contributed by atoms with Gasteiger partial charge >= 0.3 is 10.0 Å². The Bertz CT molecular complexity index is 3610. The van der Waals surface area contributed by atoms with Crippen molar-refractivity contribution in [2.24, 2.45) is 0 Å². The number of para-hydroxylation sites is 2. The highest BCUT2D eigenvalue weighted by Gasteiger charge is 2.56. The smallest absolute Gasteiger partial charge is 0.341 e. The summed E-state index contributed by atoms with van der Waals surface area (Å²) in [6.45, 7) is 0. The quantitative estimate of drug-likeness (QED) is 0.171. The number of aromatic nitrogens is 2. The molecule has 3 heterocycles. The van der Waals surface area contributed by atoms with Gasteiger partial charge in [-0.1, -0.05) is 121 Å². The third kappa shape index (κ3) is 4.86. The highest BCUT2D eigenvalue weighted by molar-refractivity contribution is 7.91. The van der Waals surface area contributed by atoms with Crippen molar-refractivity contribution in [3.8, 4) is 39.1 Å². The standard InChI is InChI=1S/C54H36N3O2S/c58-60(59,42-18-8-3-9-19-42)57(41-27-28-50-45(35-41)43-20-10-12-22-49(43)55-50)53-30-25-39(37-16-6-2-7-17-37)33-47(53)48-34-40(26-31-54(48)57)56-51-23-13-11-21-44(51)46-32-38(24-29-52(46)56)36-14-4-1-5-15-36/h1-35,55H/q+1. The minimum Gasteiger partial charge on any atom is -0.355 e. The van der Waals surface area contributed by atoms with Gasteiger partial charge in [0.1, 0.15) is 4.90 Å². The van der Waals surface area contributed by atoms with Crippen LogP contribution in [0.3, 0.4) is 0 Å². The number of fused-ring (bicyclic) bond motifs is 9. The predicted molar refractivity (Wildman–Crippen MR) is 248 cm³/mol. The zero-order valence-corrected chi connectivity index (χ0v) is 33.1. The van der Waals surface area contributed by atoms with Gasteiger partial charge in [0.2, 0.25) is 0 Å². The third-order valence-electron chi connectivity index (χ3n) is 12.3. The molecule has 1 unspecified atom stereocenters. The second-order valence-corrected chi connectivity index (χ2v) is 17.5. The second-order valence-electron chi connectivity index (χ2n) is 15.5. The molecule has 5 nitrogen and oxygen atoms in total. The predicted octanol–water partition coefficient (Wildman–Crippen LogP) is 14.1. The van der Waals surface area contributed by atoms with Gasteiger partial charge < -0.3 is 9.55 Å². The van der Waals surface area contributed by atoms with Gasteiger partial charge in [0, 0.05) is 62.5 Å². The van der Waals surface area contributed by atoms with Gasteiger partial charge in [-0.2, -0.15) is 8.42 Å². The van der Waals surface area contributed by atoms with Gasteiger partial charge in [0.05, 0.1) is 22.2 Å². The summed E-state index contributed by atoms with van der Waals surface area (Å²) in [5, 5.41) is 4.32. The lowest BCUT2D eigenvalue weighted by atomic mass is 9.99. The highest BCUT2D eigenvalue weighted by atomic mass is 32.2. The second kappa shape index (κ2) is 13.0. The van der Waals surface area contributed by atoms with Crippen LogP contribution in [-0.2, 0) is 10.0 Å². The number of H-pyrrole nitrogens is 1. The number of sulfonamides is 1. The molecule has 0 bridgehead atoms. The van der Waals surface area contributed by atoms with Crippen LogP contribution in [0, 0.1) is 0 Å². The number of quaternary nitrogens is 1. The molecule has 0 spiro atoms. The zero-order chi connectivity index (χ0) is 40.0. The lowest BCUT2D eigenvalue weighted by Crippen LogP contribution is -2.43. The fourth-order valence-corrected chi connectivity index (χ4v) is 11.7. The van der Waals surface area contributed by atoms with Crippen molar-refractivity contribution in [1.82, 2.24) is 13.4 Å². The van der Waals surface area contributed by atoms with Gasteiger partial charge in [-0.25, -0.2) is 0 Å². The summed E-state index contributed by atoms with van der Waals surface area (Å²) >= 11 is 0. The summed E-state index contributed by atoms with van der Waals surface area (Å²) in [7, 11) is -4.21. The van der Waals surface area contributed by atoms with E-state index >= 15 is 8.42 Å². The topological polar surface area (TPSA) is 54.9 Å². The van der Waals surface area contributed by atoms with Crippen molar-refractivity contribution in [3.05, 3.63) is 212 Å². The van der Waals surface area contributed by atoms with Crippen molar-refractivity contribution in [1.29, 1.82) is 0 Å². The Morgan fingerprint density at radius 2 is 0.967 bits per heavy atom. The van der Waals surface area contributed by atoms with Crippen LogP contribution < -0.4 is 3.89 Å². The molecular weight excluding hydrogens is 755 g/mol. The Morgan fingerprint density at radius 1 is 0.400 bits per heavy atom. The molecule has 12 rings (SSSR count). The number of rotatable bonds is 6. The SMILES string of the molecule is O=S(=O)(c1ccccc1)[N+]1(c2ccc3[nH]c4ccccc4c3c2)c2ccc(-c3ccccc3)cc2-c2cc(-n3c4ccccc4c4cc(-c5ccccc5)ccc43)ccc21. The van der Waals surface area contributed by atoms with E-state index in [0.29, 0.717) is 17.1 Å². The molecule has 6 heteroatoms. The third-order valence-corrected chi connectivity index (χ3v) is 14.5. The maximum absolute atomic E-state index is 15.9.